The van der Waals surface area contributed by atoms with E-state index in [1.165, 1.54) is 0 Å². The number of ether oxygens (including phenoxy) is 1. The Bertz CT molecular complexity index is 470. The third-order valence-corrected chi connectivity index (χ3v) is 3.03. The molecule has 5 nitrogen and oxygen atoms in total. The second-order valence-corrected chi connectivity index (χ2v) is 5.81. The zero-order valence-corrected chi connectivity index (χ0v) is 11.5. The fourth-order valence-electron chi connectivity index (χ4n) is 1.99. The van der Waals surface area contributed by atoms with Crippen LogP contribution in [-0.2, 0) is 4.74 Å². The molecule has 1 aliphatic heterocycles. The number of likely N-dealkylation sites (tertiary alicyclic amines) is 1. The fourth-order valence-corrected chi connectivity index (χ4v) is 1.99. The molecule has 1 aromatic carbocycles. The van der Waals surface area contributed by atoms with Crippen LogP contribution in [0.5, 0.6) is 0 Å². The van der Waals surface area contributed by atoms with Gasteiger partial charge in [-0.3, -0.25) is 0 Å². The molecule has 0 unspecified atom stereocenters. The van der Waals surface area contributed by atoms with Crippen LogP contribution in [0.4, 0.5) is 10.5 Å². The van der Waals surface area contributed by atoms with Gasteiger partial charge in [0.15, 0.2) is 0 Å². The lowest BCUT2D eigenvalue weighted by atomic mass is 9.92. The lowest BCUT2D eigenvalue weighted by Crippen LogP contribution is -2.55. The standard InChI is InChI=1S/C14H18N2O3/c1-14(2,3)19-13(17)16-8-11(9-16)10-4-6-12(15-18)7-5-10/h4-7,11H,8-9H2,1-3H3/p+1. The van der Waals surface area contributed by atoms with Crippen LogP contribution in [0, 0.1) is 4.91 Å². The first-order valence-electron chi connectivity index (χ1n) is 6.35. The highest BCUT2D eigenvalue weighted by Gasteiger charge is 2.34. The summed E-state index contributed by atoms with van der Waals surface area (Å²) in [6.45, 7) is 6.91. The summed E-state index contributed by atoms with van der Waals surface area (Å²) < 4.78 is 5.30. The summed E-state index contributed by atoms with van der Waals surface area (Å²) in [6.07, 6.45) is -0.262. The number of nitrogens with zero attached hydrogens (tertiary/aromatic N) is 1. The van der Waals surface area contributed by atoms with Crippen LogP contribution in [-0.4, -0.2) is 29.7 Å². The van der Waals surface area contributed by atoms with E-state index < -0.39 is 5.60 Å². The number of hydrogen-bond donors (Lipinski definition) is 1. The Labute approximate surface area is 112 Å². The maximum Gasteiger partial charge on any atom is 0.410 e. The van der Waals surface area contributed by atoms with Gasteiger partial charge < -0.3 is 9.64 Å². The Morgan fingerprint density at radius 3 is 2.32 bits per heavy atom. The van der Waals surface area contributed by atoms with Gasteiger partial charge in [0.05, 0.1) is 0 Å². The summed E-state index contributed by atoms with van der Waals surface area (Å²) in [5.74, 6) is 0.327. The Balaban J connectivity index is 1.88. The molecule has 5 heteroatoms. The first-order chi connectivity index (χ1) is 8.89. The number of benzene rings is 1. The van der Waals surface area contributed by atoms with E-state index in [2.05, 4.69) is 0 Å². The van der Waals surface area contributed by atoms with Crippen molar-refractivity contribution in [1.82, 2.24) is 4.90 Å². The van der Waals surface area contributed by atoms with Gasteiger partial charge in [-0.15, -0.1) is 0 Å². The molecular formula is C14H19N2O3+. The van der Waals surface area contributed by atoms with Crippen molar-refractivity contribution in [3.05, 3.63) is 34.7 Å². The van der Waals surface area contributed by atoms with Crippen LogP contribution in [0.1, 0.15) is 32.3 Å². The molecule has 0 radical (unpaired) electrons. The predicted molar refractivity (Wildman–Crippen MR) is 71.0 cm³/mol. The van der Waals surface area contributed by atoms with Crippen molar-refractivity contribution in [2.75, 3.05) is 13.1 Å². The van der Waals surface area contributed by atoms with E-state index in [0.29, 0.717) is 24.7 Å². The SMILES string of the molecule is CC(C)(C)OC(=O)N1CC(c2ccc([NH+]=O)cc2)C1. The number of hydrogen-bond acceptors (Lipinski definition) is 3. The highest BCUT2D eigenvalue weighted by molar-refractivity contribution is 5.69. The van der Waals surface area contributed by atoms with E-state index in [0.717, 1.165) is 5.56 Å². The summed E-state index contributed by atoms with van der Waals surface area (Å²) in [5.41, 5.74) is 1.23. The Morgan fingerprint density at radius 1 is 1.26 bits per heavy atom. The van der Waals surface area contributed by atoms with Gasteiger partial charge in [0.1, 0.15) is 5.60 Å². The molecule has 1 N–H and O–H groups in total. The topological polar surface area (TPSA) is 60.6 Å². The molecule has 0 spiro atoms. The maximum atomic E-state index is 11.8. The molecule has 0 bridgehead atoms. The number of carbonyl (C=O) groups excluding carboxylic acids is 1. The molecule has 1 amide bonds. The fraction of sp³-hybridized carbons (Fsp3) is 0.500. The van der Waals surface area contributed by atoms with E-state index >= 15 is 0 Å². The summed E-state index contributed by atoms with van der Waals surface area (Å²) in [4.78, 5) is 23.9. The molecule has 1 aliphatic rings. The molecule has 0 saturated carbocycles. The lowest BCUT2D eigenvalue weighted by molar-refractivity contribution is -0.379. The van der Waals surface area contributed by atoms with Crippen LogP contribution >= 0.6 is 0 Å². The van der Waals surface area contributed by atoms with Crippen molar-refractivity contribution in [2.45, 2.75) is 32.3 Å². The minimum absolute atomic E-state index is 0.262. The molecule has 0 aliphatic carbocycles. The van der Waals surface area contributed by atoms with Gasteiger partial charge in [0.25, 0.3) is 5.69 Å². The Hall–Kier alpha value is -1.91. The number of nitroso groups, excluding NO2 is 1. The Kier molecular flexibility index (Phi) is 3.55. The highest BCUT2D eigenvalue weighted by Crippen LogP contribution is 2.28. The monoisotopic (exact) mass is 263 g/mol. The maximum absolute atomic E-state index is 11.8. The van der Waals surface area contributed by atoms with Crippen molar-refractivity contribution >= 4 is 11.8 Å². The zero-order valence-electron chi connectivity index (χ0n) is 11.5. The van der Waals surface area contributed by atoms with E-state index in [1.54, 1.807) is 17.0 Å². The average Bonchev–Trinajstić information content (AvgIpc) is 2.25. The summed E-state index contributed by atoms with van der Waals surface area (Å²) in [7, 11) is 0. The van der Waals surface area contributed by atoms with E-state index in [9.17, 15) is 9.70 Å². The second-order valence-electron chi connectivity index (χ2n) is 5.81. The smallest absolute Gasteiger partial charge is 0.410 e. The average molecular weight is 263 g/mol. The molecular weight excluding hydrogens is 244 g/mol. The summed E-state index contributed by atoms with van der Waals surface area (Å²) in [5, 5.41) is 1.85. The molecule has 1 heterocycles. The van der Waals surface area contributed by atoms with Crippen molar-refractivity contribution in [3.63, 3.8) is 0 Å². The largest absolute Gasteiger partial charge is 0.444 e. The molecule has 0 atom stereocenters. The first-order valence-corrected chi connectivity index (χ1v) is 6.35. The van der Waals surface area contributed by atoms with Crippen molar-refractivity contribution in [3.8, 4) is 0 Å². The van der Waals surface area contributed by atoms with Crippen LogP contribution in [0.15, 0.2) is 24.3 Å². The summed E-state index contributed by atoms with van der Waals surface area (Å²) in [6, 6.07) is 7.33. The third-order valence-electron chi connectivity index (χ3n) is 3.03. The number of nitrogens with one attached hydrogen (secondary N) is 1. The van der Waals surface area contributed by atoms with Crippen molar-refractivity contribution in [1.29, 1.82) is 0 Å². The van der Waals surface area contributed by atoms with Gasteiger partial charge in [-0.2, -0.15) is 0 Å². The van der Waals surface area contributed by atoms with E-state index in [4.69, 9.17) is 4.74 Å². The molecule has 2 rings (SSSR count). The molecule has 1 fully saturated rings. The minimum atomic E-state index is -0.455. The second kappa shape index (κ2) is 4.99. The van der Waals surface area contributed by atoms with Crippen LogP contribution in [0.2, 0.25) is 0 Å². The number of amides is 1. The molecule has 1 aromatic rings. The van der Waals surface area contributed by atoms with Gasteiger partial charge in [-0.1, -0.05) is 12.1 Å². The number of rotatable bonds is 2. The van der Waals surface area contributed by atoms with Gasteiger partial charge in [0.2, 0.25) is 0 Å². The van der Waals surface area contributed by atoms with Gasteiger partial charge in [-0.05, 0) is 26.3 Å². The minimum Gasteiger partial charge on any atom is -0.444 e. The molecule has 0 aromatic heterocycles. The van der Waals surface area contributed by atoms with Crippen LogP contribution in [0.25, 0.3) is 0 Å². The van der Waals surface area contributed by atoms with Crippen LogP contribution in [0.3, 0.4) is 0 Å². The normalized spacial score (nSPS) is 15.8. The van der Waals surface area contributed by atoms with Crippen molar-refractivity contribution in [2.24, 2.45) is 0 Å². The Morgan fingerprint density at radius 2 is 1.84 bits per heavy atom. The van der Waals surface area contributed by atoms with E-state index in [1.807, 2.05) is 38.1 Å². The molecule has 102 valence electrons. The van der Waals surface area contributed by atoms with Crippen LogP contribution < -0.4 is 5.18 Å². The lowest BCUT2D eigenvalue weighted by Gasteiger charge is -2.40. The predicted octanol–water partition coefficient (Wildman–Crippen LogP) is 1.50. The van der Waals surface area contributed by atoms with E-state index in [-0.39, 0.29) is 6.09 Å². The highest BCUT2D eigenvalue weighted by atomic mass is 16.6. The quantitative estimate of drug-likeness (QED) is 0.879. The zero-order chi connectivity index (χ0) is 14.0. The van der Waals surface area contributed by atoms with Gasteiger partial charge in [0, 0.05) is 41.2 Å². The first kappa shape index (κ1) is 13.5. The van der Waals surface area contributed by atoms with Gasteiger partial charge in [-0.25, -0.2) is 4.79 Å². The third kappa shape index (κ3) is 3.30. The molecule has 1 saturated heterocycles. The van der Waals surface area contributed by atoms with Gasteiger partial charge >= 0.3 is 6.09 Å². The summed E-state index contributed by atoms with van der Waals surface area (Å²) >= 11 is 0. The molecule has 19 heavy (non-hydrogen) atoms. The van der Waals surface area contributed by atoms with Crippen molar-refractivity contribution < 1.29 is 14.7 Å². The number of carbonyl (C=O) groups is 1.